The summed E-state index contributed by atoms with van der Waals surface area (Å²) in [4.78, 5) is 189. The smallest absolute Gasteiger partial charge is 0.328 e. The number of carboxylic acids is 5. The van der Waals surface area contributed by atoms with E-state index in [9.17, 15) is 103 Å². The molecule has 1 unspecified atom stereocenters. The number of hydrogen-bond acceptors (Lipinski definition) is 28. The highest BCUT2D eigenvalue weighted by atomic mass is 16.5. The Hall–Kier alpha value is -8.77. The Labute approximate surface area is 539 Å². The van der Waals surface area contributed by atoms with Crippen LogP contribution in [0.4, 0.5) is 11.4 Å². The summed E-state index contributed by atoms with van der Waals surface area (Å²) < 4.78 is 10.9. The molecule has 0 aliphatic carbocycles. The zero-order chi connectivity index (χ0) is 69.3. The molecule has 94 heavy (non-hydrogen) atoms. The number of carbonyl (C=O) groups is 12. The highest BCUT2D eigenvalue weighted by Crippen LogP contribution is 2.20. The number of ketones is 3. The molecule has 0 radical (unpaired) electrons. The Balaban J connectivity index is 1.24. The Morgan fingerprint density at radius 2 is 1.19 bits per heavy atom. The number of nitrogens with zero attached hydrogens (tertiary/aromatic N) is 5. The fraction of sp³-hybridized carbons (Fsp3) is 0.583. The molecule has 10 N–H and O–H groups in total. The number of Topliss-reactive ketones (excluding diaryl/α,β-unsaturated/α-hetero) is 3. The summed E-state index contributed by atoms with van der Waals surface area (Å²) in [6.45, 7) is -1.27. The van der Waals surface area contributed by atoms with Gasteiger partial charge in [-0.15, -0.1) is 0 Å². The number of aldehydes is 1. The molecule has 1 saturated heterocycles. The highest BCUT2D eigenvalue weighted by Gasteiger charge is 2.35. The van der Waals surface area contributed by atoms with Crippen LogP contribution in [0.5, 0.6) is 0 Å². The van der Waals surface area contributed by atoms with Crippen LogP contribution in [0.15, 0.2) is 52.4 Å². The quantitative estimate of drug-likeness (QED) is 0.0143. The number of aromatic amines is 1. The van der Waals surface area contributed by atoms with Gasteiger partial charge in [-0.25, -0.2) is 9.78 Å². The van der Waals surface area contributed by atoms with Crippen molar-refractivity contribution >= 4 is 82.6 Å². The van der Waals surface area contributed by atoms with Crippen LogP contribution in [0, 0.1) is 17.8 Å². The van der Waals surface area contributed by atoms with E-state index in [1.54, 1.807) is 45.0 Å². The zero-order valence-corrected chi connectivity index (χ0v) is 52.0. The van der Waals surface area contributed by atoms with Crippen molar-refractivity contribution in [1.29, 1.82) is 0 Å². The van der Waals surface area contributed by atoms with Gasteiger partial charge in [-0.3, -0.25) is 62.8 Å². The van der Waals surface area contributed by atoms with Crippen LogP contribution in [-0.4, -0.2) is 270 Å². The maximum Gasteiger partial charge on any atom is 0.328 e. The summed E-state index contributed by atoms with van der Waals surface area (Å²) >= 11 is 0. The number of amides is 3. The monoisotopic (exact) mass is 1320 g/mol. The number of hydrogen-bond donors (Lipinski definition) is 10. The van der Waals surface area contributed by atoms with E-state index < -0.39 is 176 Å². The second-order valence-electron chi connectivity index (χ2n) is 22.5. The van der Waals surface area contributed by atoms with Crippen LogP contribution in [-0.2, 0) is 79.8 Å². The van der Waals surface area contributed by atoms with E-state index >= 15 is 0 Å². The first-order valence-electron chi connectivity index (χ1n) is 30.4. The van der Waals surface area contributed by atoms with Crippen LogP contribution < -0.4 is 52.8 Å². The number of aliphatic hydroxyl groups excluding tert-OH is 2. The summed E-state index contributed by atoms with van der Waals surface area (Å²) in [7, 11) is 0. The summed E-state index contributed by atoms with van der Waals surface area (Å²) in [5, 5.41) is 87.0. The van der Waals surface area contributed by atoms with Crippen LogP contribution in [0.2, 0.25) is 0 Å². The first-order chi connectivity index (χ1) is 44.8. The van der Waals surface area contributed by atoms with Crippen molar-refractivity contribution in [3.8, 4) is 0 Å². The van der Waals surface area contributed by atoms with Gasteiger partial charge in [0, 0.05) is 128 Å². The van der Waals surface area contributed by atoms with Crippen LogP contribution in [0.3, 0.4) is 0 Å². The van der Waals surface area contributed by atoms with E-state index in [-0.39, 0.29) is 129 Å². The van der Waals surface area contributed by atoms with Crippen LogP contribution in [0.1, 0.15) is 56.7 Å². The SMILES string of the molecule is C[C@H](NC(=O)[C@H](CC(=O)O)CC(=O)COCCOCCNc1c(NCCCC(C(=O)[O-])N2CCN(CC=O)CCN(CC(=O)[O-])CCN(CC(=O)[O-])CC2)c(=O)c1=O)C(=O)C[C@@H](Cc1cnc[nH]1)C(=O)N[C@@H](CO)C(=O)C[C@@H](Cc1ccccc1)C(=O)N[C@@H](CO)C(=O)O. The Kier molecular flexibility index (Phi) is 33.9. The number of ether oxygens (including phenoxy) is 2. The van der Waals surface area contributed by atoms with Crippen molar-refractivity contribution in [1.82, 2.24) is 45.5 Å². The molecule has 4 rings (SSSR count). The molecule has 2 aromatic carbocycles. The van der Waals surface area contributed by atoms with Gasteiger partial charge in [-0.1, -0.05) is 30.3 Å². The summed E-state index contributed by atoms with van der Waals surface area (Å²) in [5.74, 6) is -16.1. The van der Waals surface area contributed by atoms with Gasteiger partial charge in [0.2, 0.25) is 17.7 Å². The molecule has 2 heterocycles. The molecular weight excluding hydrogens is 1240 g/mol. The molecule has 518 valence electrons. The average molecular weight is 1330 g/mol. The molecule has 34 nitrogen and oxygen atoms in total. The van der Waals surface area contributed by atoms with Crippen LogP contribution in [0.25, 0.3) is 0 Å². The van der Waals surface area contributed by atoms with Crippen molar-refractivity contribution in [3.63, 3.8) is 0 Å². The van der Waals surface area contributed by atoms with Gasteiger partial charge in [0.1, 0.15) is 36.4 Å². The van der Waals surface area contributed by atoms with E-state index in [1.165, 1.54) is 24.3 Å². The van der Waals surface area contributed by atoms with Crippen molar-refractivity contribution < 1.29 is 103 Å². The van der Waals surface area contributed by atoms with Gasteiger partial charge in [0.15, 0.2) is 17.3 Å². The number of rotatable bonds is 45. The summed E-state index contributed by atoms with van der Waals surface area (Å²) in [5.41, 5.74) is -0.749. The second-order valence-corrected chi connectivity index (χ2v) is 22.5. The lowest BCUT2D eigenvalue weighted by Gasteiger charge is -2.37. The van der Waals surface area contributed by atoms with Gasteiger partial charge in [0.05, 0.1) is 88.1 Å². The third-order valence-electron chi connectivity index (χ3n) is 15.4. The predicted octanol–water partition coefficient (Wildman–Crippen LogP) is -8.09. The predicted molar refractivity (Wildman–Crippen MR) is 322 cm³/mol. The number of aliphatic hydroxyl groups is 2. The Morgan fingerprint density at radius 3 is 1.74 bits per heavy atom. The van der Waals surface area contributed by atoms with Gasteiger partial charge < -0.3 is 96.0 Å². The van der Waals surface area contributed by atoms with Crippen molar-refractivity contribution in [2.45, 2.75) is 82.5 Å². The number of H-pyrrole nitrogens is 1. The van der Waals surface area contributed by atoms with Crippen molar-refractivity contribution in [3.05, 3.63) is 74.6 Å². The minimum Gasteiger partial charge on any atom is -0.549 e. The van der Waals surface area contributed by atoms with Crippen LogP contribution >= 0.6 is 0 Å². The van der Waals surface area contributed by atoms with Gasteiger partial charge in [-0.05, 0) is 31.7 Å². The number of carbonyl (C=O) groups excluding carboxylic acids is 10. The van der Waals surface area contributed by atoms with E-state index in [2.05, 4.69) is 36.6 Å². The molecule has 1 aliphatic heterocycles. The molecule has 7 atom stereocenters. The molecule has 34 heteroatoms. The number of anilines is 2. The average Bonchev–Trinajstić information content (AvgIpc) is 0.861. The van der Waals surface area contributed by atoms with Gasteiger partial charge in [0.25, 0.3) is 10.9 Å². The van der Waals surface area contributed by atoms with E-state index in [1.807, 2.05) is 0 Å². The molecule has 0 spiro atoms. The largest absolute Gasteiger partial charge is 0.549 e. The molecular formula is C60H82N11O23-3. The highest BCUT2D eigenvalue weighted by molar-refractivity contribution is 5.97. The standard InChI is InChI=1S/C60H85N11O23/c1-37(47(76)27-40(25-42-30-61-36-64-42)58(88)66-44(33-73)48(77)28-39(24-38-6-3-2-4-7-38)57(87)67-45(34-74)59(89)90)65-56(86)41(29-49(78)79)26-43(75)35-94-23-22-93-21-10-63-53-52(54(84)55(53)85)62-9-5-8-46(60(91)92)71-17-15-68(19-20-72)11-12-69(31-50(80)81)13-14-70(16-18-71)32-51(82)83/h2-4,6-7,20,30,36-37,39-41,44-46,62-63,73-74H,5,8-19,21-29,31-35H2,1H3,(H,61,64)(H,65,86)(H,66,88)(H,67,87)(H,78,79)(H,80,81)(H,82,83)(H,89,90)(H,91,92)/p-3/t37-,39+,40+,41-,44-,45-,46?/m0/s1. The fourth-order valence-electron chi connectivity index (χ4n) is 10.3. The fourth-order valence-corrected chi connectivity index (χ4v) is 10.3. The summed E-state index contributed by atoms with van der Waals surface area (Å²) in [6.07, 6.45) is 0.622. The van der Waals surface area contributed by atoms with Gasteiger partial charge >= 0.3 is 11.9 Å². The number of benzene rings is 1. The number of nitrogens with one attached hydrogen (secondary N) is 6. The lowest BCUT2D eigenvalue weighted by atomic mass is 9.90. The van der Waals surface area contributed by atoms with E-state index in [4.69, 9.17) is 9.47 Å². The minimum atomic E-state index is -1.69. The van der Waals surface area contributed by atoms with Crippen molar-refractivity contribution in [2.75, 3.05) is 135 Å². The second kappa shape index (κ2) is 41.0. The minimum absolute atomic E-state index is 0.00621. The summed E-state index contributed by atoms with van der Waals surface area (Å²) in [6, 6.07) is 2.51. The lowest BCUT2D eigenvalue weighted by Crippen LogP contribution is -2.54. The normalized spacial score (nSPS) is 16.1. The molecule has 1 aromatic heterocycles. The Bertz CT molecular complexity index is 3070. The number of imidazole rings is 1. The number of aromatic nitrogens is 2. The molecule has 0 saturated carbocycles. The third-order valence-corrected chi connectivity index (χ3v) is 15.4. The maximum absolute atomic E-state index is 13.9. The first-order valence-corrected chi connectivity index (χ1v) is 30.4. The molecule has 0 bridgehead atoms. The van der Waals surface area contributed by atoms with E-state index in [0.717, 1.165) is 0 Å². The van der Waals surface area contributed by atoms with E-state index in [0.29, 0.717) is 17.5 Å². The molecule has 3 aromatic rings. The molecule has 3 amide bonds. The zero-order valence-electron chi connectivity index (χ0n) is 52.0. The molecule has 1 aliphatic rings. The number of carboxylic acid groups (broad SMARTS) is 5. The topological polar surface area (TPSA) is 509 Å². The van der Waals surface area contributed by atoms with Gasteiger partial charge in [-0.2, -0.15) is 0 Å². The Morgan fingerprint density at radius 1 is 0.649 bits per heavy atom. The molecule has 1 fully saturated rings. The number of aliphatic carboxylic acids is 5. The third kappa shape index (κ3) is 27.4. The first kappa shape index (κ1) is 77.7. The maximum atomic E-state index is 13.9. The van der Waals surface area contributed by atoms with Crippen molar-refractivity contribution in [2.24, 2.45) is 17.8 Å². The lowest BCUT2D eigenvalue weighted by molar-refractivity contribution is -0.312.